The minimum absolute atomic E-state index is 0.0713. The summed E-state index contributed by atoms with van der Waals surface area (Å²) in [6.07, 6.45) is -0.689. The monoisotopic (exact) mass is 276 g/mol. The Balaban J connectivity index is 1.83. The molecule has 2 rings (SSSR count). The fourth-order valence-electron chi connectivity index (χ4n) is 1.72. The predicted octanol–water partition coefficient (Wildman–Crippen LogP) is 2.19. The van der Waals surface area contributed by atoms with E-state index in [1.54, 1.807) is 5.51 Å². The summed E-state index contributed by atoms with van der Waals surface area (Å²) >= 11 is 1.52. The molecule has 100 valence electrons. The van der Waals surface area contributed by atoms with Crippen LogP contribution in [0.5, 0.6) is 0 Å². The first-order valence-corrected chi connectivity index (χ1v) is 6.93. The van der Waals surface area contributed by atoms with Crippen molar-refractivity contribution in [3.05, 3.63) is 52.0 Å². The number of thiazole rings is 1. The van der Waals surface area contributed by atoms with Crippen LogP contribution in [0, 0.1) is 6.92 Å². The second kappa shape index (κ2) is 6.45. The number of aromatic nitrogens is 1. The van der Waals surface area contributed by atoms with Gasteiger partial charge in [0, 0.05) is 4.88 Å². The summed E-state index contributed by atoms with van der Waals surface area (Å²) in [7, 11) is 0. The number of carbonyl (C=O) groups is 1. The number of hydrogen-bond donors (Lipinski definition) is 2. The normalized spacial score (nSPS) is 12.1. The molecule has 5 heteroatoms. The van der Waals surface area contributed by atoms with Gasteiger partial charge in [-0.1, -0.05) is 30.3 Å². The number of aliphatic hydroxyl groups excluding tert-OH is 1. The smallest absolute Gasteiger partial charge is 0.223 e. The molecular formula is C14H16N2O2S. The predicted molar refractivity (Wildman–Crippen MR) is 74.7 cm³/mol. The Morgan fingerprint density at radius 2 is 2.16 bits per heavy atom. The molecule has 1 aromatic carbocycles. The van der Waals surface area contributed by atoms with Crippen LogP contribution in [0.15, 0.2) is 35.8 Å². The van der Waals surface area contributed by atoms with Gasteiger partial charge >= 0.3 is 0 Å². The summed E-state index contributed by atoms with van der Waals surface area (Å²) in [6, 6.07) is 9.19. The van der Waals surface area contributed by atoms with Crippen LogP contribution in [-0.2, 0) is 11.3 Å². The van der Waals surface area contributed by atoms with Crippen molar-refractivity contribution in [1.29, 1.82) is 0 Å². The van der Waals surface area contributed by atoms with Crippen molar-refractivity contribution in [2.45, 2.75) is 26.0 Å². The zero-order chi connectivity index (χ0) is 13.7. The van der Waals surface area contributed by atoms with Gasteiger partial charge in [0.1, 0.15) is 0 Å². The van der Waals surface area contributed by atoms with E-state index in [1.807, 2.05) is 37.3 Å². The molecule has 0 saturated heterocycles. The number of amides is 1. The van der Waals surface area contributed by atoms with Crippen molar-refractivity contribution in [2.75, 3.05) is 0 Å². The Bertz CT molecular complexity index is 539. The summed E-state index contributed by atoms with van der Waals surface area (Å²) in [6.45, 7) is 2.38. The Kier molecular flexibility index (Phi) is 4.65. The standard InChI is InChI=1S/C14H16N2O2S/c1-10-13(19-9-16-10)8-15-14(18)7-12(17)11-5-3-2-4-6-11/h2-6,9,12,17H,7-8H2,1H3,(H,15,18). The summed E-state index contributed by atoms with van der Waals surface area (Å²) < 4.78 is 0. The maximum atomic E-state index is 11.7. The van der Waals surface area contributed by atoms with Crippen LogP contribution in [0.2, 0.25) is 0 Å². The maximum absolute atomic E-state index is 11.7. The van der Waals surface area contributed by atoms with Crippen LogP contribution in [0.4, 0.5) is 0 Å². The molecule has 1 unspecified atom stereocenters. The van der Waals surface area contributed by atoms with Crippen molar-refractivity contribution < 1.29 is 9.90 Å². The van der Waals surface area contributed by atoms with Crippen molar-refractivity contribution in [3.8, 4) is 0 Å². The molecule has 0 bridgehead atoms. The average Bonchev–Trinajstić information content (AvgIpc) is 2.83. The third-order valence-electron chi connectivity index (χ3n) is 2.85. The van der Waals surface area contributed by atoms with Crippen LogP contribution in [0.25, 0.3) is 0 Å². The molecule has 0 aliphatic heterocycles. The average molecular weight is 276 g/mol. The van der Waals surface area contributed by atoms with E-state index in [4.69, 9.17) is 0 Å². The molecule has 1 aromatic heterocycles. The van der Waals surface area contributed by atoms with Crippen LogP contribution in [0.3, 0.4) is 0 Å². The lowest BCUT2D eigenvalue weighted by molar-refractivity contribution is -0.123. The van der Waals surface area contributed by atoms with E-state index in [0.29, 0.717) is 6.54 Å². The number of rotatable bonds is 5. The summed E-state index contributed by atoms with van der Waals surface area (Å²) in [5.74, 6) is -0.163. The van der Waals surface area contributed by atoms with Crippen molar-refractivity contribution in [2.24, 2.45) is 0 Å². The Morgan fingerprint density at radius 1 is 1.42 bits per heavy atom. The topological polar surface area (TPSA) is 62.2 Å². The minimum atomic E-state index is -0.760. The van der Waals surface area contributed by atoms with Crippen LogP contribution in [-0.4, -0.2) is 16.0 Å². The lowest BCUT2D eigenvalue weighted by Gasteiger charge is -2.10. The first-order valence-electron chi connectivity index (χ1n) is 6.05. The van der Waals surface area contributed by atoms with E-state index < -0.39 is 6.10 Å². The molecular weight excluding hydrogens is 260 g/mol. The molecule has 2 N–H and O–H groups in total. The number of carbonyl (C=O) groups excluding carboxylic acids is 1. The van der Waals surface area contributed by atoms with Gasteiger partial charge in [-0.05, 0) is 12.5 Å². The highest BCUT2D eigenvalue weighted by Gasteiger charge is 2.13. The van der Waals surface area contributed by atoms with Gasteiger partial charge < -0.3 is 10.4 Å². The van der Waals surface area contributed by atoms with Crippen molar-refractivity contribution in [1.82, 2.24) is 10.3 Å². The van der Waals surface area contributed by atoms with Gasteiger partial charge in [-0.3, -0.25) is 4.79 Å². The Morgan fingerprint density at radius 3 is 2.79 bits per heavy atom. The van der Waals surface area contributed by atoms with Gasteiger partial charge in [-0.15, -0.1) is 11.3 Å². The zero-order valence-corrected chi connectivity index (χ0v) is 11.5. The van der Waals surface area contributed by atoms with Crippen molar-refractivity contribution in [3.63, 3.8) is 0 Å². The summed E-state index contributed by atoms with van der Waals surface area (Å²) in [5, 5.41) is 12.7. The quantitative estimate of drug-likeness (QED) is 0.880. The fourth-order valence-corrected chi connectivity index (χ4v) is 2.43. The van der Waals surface area contributed by atoms with E-state index in [2.05, 4.69) is 10.3 Å². The summed E-state index contributed by atoms with van der Waals surface area (Å²) in [4.78, 5) is 16.9. The second-order valence-corrected chi connectivity index (χ2v) is 5.21. The number of benzene rings is 1. The molecule has 0 radical (unpaired) electrons. The number of nitrogens with zero attached hydrogens (tertiary/aromatic N) is 1. The van der Waals surface area contributed by atoms with Crippen LogP contribution >= 0.6 is 11.3 Å². The van der Waals surface area contributed by atoms with Crippen LogP contribution < -0.4 is 5.32 Å². The molecule has 0 fully saturated rings. The number of aryl methyl sites for hydroxylation is 1. The van der Waals surface area contributed by atoms with Gasteiger partial charge in [0.25, 0.3) is 0 Å². The second-order valence-electron chi connectivity index (χ2n) is 4.27. The zero-order valence-electron chi connectivity index (χ0n) is 10.7. The van der Waals surface area contributed by atoms with Crippen molar-refractivity contribution >= 4 is 17.2 Å². The molecule has 1 heterocycles. The van der Waals surface area contributed by atoms with Gasteiger partial charge in [0.05, 0.1) is 30.3 Å². The fraction of sp³-hybridized carbons (Fsp3) is 0.286. The van der Waals surface area contributed by atoms with E-state index in [9.17, 15) is 9.90 Å². The molecule has 0 aliphatic carbocycles. The number of nitrogens with one attached hydrogen (secondary N) is 1. The summed E-state index contributed by atoms with van der Waals surface area (Å²) in [5.41, 5.74) is 3.45. The first kappa shape index (κ1) is 13.7. The molecule has 4 nitrogen and oxygen atoms in total. The number of aliphatic hydroxyl groups is 1. The largest absolute Gasteiger partial charge is 0.388 e. The highest BCUT2D eigenvalue weighted by Crippen LogP contribution is 2.16. The molecule has 0 saturated carbocycles. The molecule has 1 atom stereocenters. The van der Waals surface area contributed by atoms with Gasteiger partial charge in [0.2, 0.25) is 5.91 Å². The van der Waals surface area contributed by atoms with Gasteiger partial charge in [-0.25, -0.2) is 4.98 Å². The number of hydrogen-bond acceptors (Lipinski definition) is 4. The minimum Gasteiger partial charge on any atom is -0.388 e. The molecule has 19 heavy (non-hydrogen) atoms. The first-order chi connectivity index (χ1) is 9.16. The third kappa shape index (κ3) is 3.87. The Hall–Kier alpha value is -1.72. The molecule has 0 spiro atoms. The highest BCUT2D eigenvalue weighted by atomic mass is 32.1. The molecule has 1 amide bonds. The van der Waals surface area contributed by atoms with E-state index in [1.165, 1.54) is 11.3 Å². The van der Waals surface area contributed by atoms with Gasteiger partial charge in [-0.2, -0.15) is 0 Å². The molecule has 0 aliphatic rings. The van der Waals surface area contributed by atoms with Crippen LogP contribution in [0.1, 0.15) is 28.7 Å². The van der Waals surface area contributed by atoms with Gasteiger partial charge in [0.15, 0.2) is 0 Å². The van der Waals surface area contributed by atoms with E-state index in [-0.39, 0.29) is 12.3 Å². The third-order valence-corrected chi connectivity index (χ3v) is 3.79. The SMILES string of the molecule is Cc1ncsc1CNC(=O)CC(O)c1ccccc1. The molecule has 2 aromatic rings. The highest BCUT2D eigenvalue weighted by molar-refractivity contribution is 7.09. The maximum Gasteiger partial charge on any atom is 0.223 e. The Labute approximate surface area is 116 Å². The van der Waals surface area contributed by atoms with E-state index in [0.717, 1.165) is 16.1 Å². The van der Waals surface area contributed by atoms with E-state index >= 15 is 0 Å². The lowest BCUT2D eigenvalue weighted by Crippen LogP contribution is -2.24. The lowest BCUT2D eigenvalue weighted by atomic mass is 10.1.